The fourth-order valence-corrected chi connectivity index (χ4v) is 8.24. The van der Waals surface area contributed by atoms with Gasteiger partial charge in [0.25, 0.3) is 0 Å². The Morgan fingerprint density at radius 2 is 1.00 bits per heavy atom. The molecule has 0 unspecified atom stereocenters. The average Bonchev–Trinajstić information content (AvgIpc) is 3.39. The standard InChI is InChI=1S/C18H6F4S4/c19-17(20)7-1-3-23-13(7)15-9(17)5-11(25-15)12-6-10-16(26-12)14-8(2-4-24-14)18(10,21)22/h1-6H. The number of halogens is 4. The molecule has 130 valence electrons. The third kappa shape index (κ3) is 1.69. The van der Waals surface area contributed by atoms with Gasteiger partial charge in [-0.1, -0.05) is 0 Å². The van der Waals surface area contributed by atoms with Crippen LogP contribution in [0.2, 0.25) is 0 Å². The summed E-state index contributed by atoms with van der Waals surface area (Å²) in [7, 11) is 0. The maximum absolute atomic E-state index is 14.6. The fraction of sp³-hybridized carbons (Fsp3) is 0.111. The van der Waals surface area contributed by atoms with E-state index in [2.05, 4.69) is 0 Å². The fourth-order valence-electron chi connectivity index (χ4n) is 3.58. The van der Waals surface area contributed by atoms with Gasteiger partial charge in [0.1, 0.15) is 0 Å². The minimum atomic E-state index is -3.01. The van der Waals surface area contributed by atoms with Crippen LogP contribution in [-0.4, -0.2) is 0 Å². The molecule has 0 fully saturated rings. The molecule has 0 aromatic carbocycles. The van der Waals surface area contributed by atoms with E-state index in [1.807, 2.05) is 0 Å². The van der Waals surface area contributed by atoms with Crippen molar-refractivity contribution < 1.29 is 17.6 Å². The van der Waals surface area contributed by atoms with Crippen LogP contribution in [-0.2, 0) is 11.8 Å². The molecule has 0 radical (unpaired) electrons. The monoisotopic (exact) mass is 426 g/mol. The van der Waals surface area contributed by atoms with Crippen LogP contribution >= 0.6 is 45.3 Å². The molecule has 0 saturated heterocycles. The highest BCUT2D eigenvalue weighted by Crippen LogP contribution is 2.61. The van der Waals surface area contributed by atoms with Crippen molar-refractivity contribution in [1.82, 2.24) is 0 Å². The number of fused-ring (bicyclic) bond motifs is 6. The van der Waals surface area contributed by atoms with Gasteiger partial charge in [0.05, 0.1) is 19.5 Å². The first-order chi connectivity index (χ1) is 12.4. The second kappa shape index (κ2) is 4.67. The van der Waals surface area contributed by atoms with Gasteiger partial charge in [-0.2, -0.15) is 17.6 Å². The number of rotatable bonds is 1. The van der Waals surface area contributed by atoms with E-state index in [0.717, 1.165) is 0 Å². The Morgan fingerprint density at radius 1 is 0.577 bits per heavy atom. The Bertz CT molecular complexity index is 1110. The third-order valence-electron chi connectivity index (χ3n) is 4.80. The smallest absolute Gasteiger partial charge is 0.196 e. The highest BCUT2D eigenvalue weighted by molar-refractivity contribution is 7.28. The van der Waals surface area contributed by atoms with Crippen molar-refractivity contribution in [2.24, 2.45) is 0 Å². The molecule has 0 bridgehead atoms. The number of hydrogen-bond acceptors (Lipinski definition) is 4. The van der Waals surface area contributed by atoms with Crippen molar-refractivity contribution in [1.29, 1.82) is 0 Å². The molecule has 6 rings (SSSR count). The van der Waals surface area contributed by atoms with Crippen LogP contribution in [0.4, 0.5) is 17.6 Å². The summed E-state index contributed by atoms with van der Waals surface area (Å²) < 4.78 is 58.5. The lowest BCUT2D eigenvalue weighted by Gasteiger charge is -2.09. The first-order valence-electron chi connectivity index (χ1n) is 7.60. The van der Waals surface area contributed by atoms with E-state index in [0.29, 0.717) is 29.3 Å². The zero-order valence-corrected chi connectivity index (χ0v) is 15.9. The zero-order chi connectivity index (χ0) is 17.8. The van der Waals surface area contributed by atoms with E-state index in [1.165, 1.54) is 69.6 Å². The molecule has 0 aliphatic heterocycles. The summed E-state index contributed by atoms with van der Waals surface area (Å²) in [6.45, 7) is 0. The Hall–Kier alpha value is -1.48. The summed E-state index contributed by atoms with van der Waals surface area (Å²) in [6, 6.07) is 5.87. The molecule has 2 aliphatic carbocycles. The normalized spacial score (nSPS) is 17.8. The number of alkyl halides is 4. The van der Waals surface area contributed by atoms with Gasteiger partial charge in [-0.3, -0.25) is 0 Å². The predicted molar refractivity (Wildman–Crippen MR) is 100 cm³/mol. The van der Waals surface area contributed by atoms with Crippen molar-refractivity contribution in [3.63, 3.8) is 0 Å². The molecule has 0 atom stereocenters. The molecule has 0 nitrogen and oxygen atoms in total. The quantitative estimate of drug-likeness (QED) is 0.272. The van der Waals surface area contributed by atoms with E-state index in [1.54, 1.807) is 10.8 Å². The van der Waals surface area contributed by atoms with Gasteiger partial charge in [0.15, 0.2) is 0 Å². The highest BCUT2D eigenvalue weighted by Gasteiger charge is 2.49. The van der Waals surface area contributed by atoms with Crippen LogP contribution in [0.1, 0.15) is 22.3 Å². The molecule has 2 aliphatic rings. The molecular weight excluding hydrogens is 420 g/mol. The third-order valence-corrected chi connectivity index (χ3v) is 9.43. The Kier molecular flexibility index (Phi) is 2.80. The summed E-state index contributed by atoms with van der Waals surface area (Å²) in [6.07, 6.45) is 0. The van der Waals surface area contributed by atoms with Gasteiger partial charge < -0.3 is 0 Å². The molecule has 4 heterocycles. The van der Waals surface area contributed by atoms with Gasteiger partial charge in [-0.15, -0.1) is 45.3 Å². The molecule has 0 spiro atoms. The van der Waals surface area contributed by atoms with Crippen LogP contribution in [0.5, 0.6) is 0 Å². The maximum atomic E-state index is 14.6. The lowest BCUT2D eigenvalue weighted by molar-refractivity contribution is 0.0479. The lowest BCUT2D eigenvalue weighted by Crippen LogP contribution is -2.09. The summed E-state index contributed by atoms with van der Waals surface area (Å²) in [5, 5.41) is 3.33. The highest BCUT2D eigenvalue weighted by atomic mass is 32.1. The van der Waals surface area contributed by atoms with E-state index < -0.39 is 11.8 Å². The van der Waals surface area contributed by atoms with Crippen molar-refractivity contribution >= 4 is 45.3 Å². The van der Waals surface area contributed by atoms with Gasteiger partial charge in [0.2, 0.25) is 0 Å². The maximum Gasteiger partial charge on any atom is 0.301 e. The molecule has 0 N–H and O–H groups in total. The molecule has 0 amide bonds. The molecule has 0 saturated carbocycles. The number of hydrogen-bond donors (Lipinski definition) is 0. The Labute approximate surface area is 161 Å². The van der Waals surface area contributed by atoms with E-state index in [4.69, 9.17) is 0 Å². The SMILES string of the molecule is FC1(F)c2ccsc2-c2sc(-c3cc4c(s3)-c3sccc3C4(F)F)cc21. The van der Waals surface area contributed by atoms with Crippen LogP contribution in [0.15, 0.2) is 35.0 Å². The second-order valence-electron chi connectivity index (χ2n) is 6.18. The van der Waals surface area contributed by atoms with E-state index >= 15 is 0 Å². The van der Waals surface area contributed by atoms with Gasteiger partial charge >= 0.3 is 11.8 Å². The topological polar surface area (TPSA) is 0 Å². The van der Waals surface area contributed by atoms with Gasteiger partial charge in [-0.05, 0) is 35.0 Å². The van der Waals surface area contributed by atoms with E-state index in [9.17, 15) is 17.6 Å². The average molecular weight is 427 g/mol. The molecule has 8 heteroatoms. The van der Waals surface area contributed by atoms with Crippen molar-refractivity contribution in [3.05, 3.63) is 57.3 Å². The summed E-state index contributed by atoms with van der Waals surface area (Å²) in [4.78, 5) is 3.57. The van der Waals surface area contributed by atoms with Crippen LogP contribution in [0, 0.1) is 0 Å². The second-order valence-corrected chi connectivity index (χ2v) is 10.1. The Morgan fingerprint density at radius 3 is 1.42 bits per heavy atom. The first kappa shape index (κ1) is 15.6. The van der Waals surface area contributed by atoms with Gasteiger partial charge in [-0.25, -0.2) is 0 Å². The minimum Gasteiger partial charge on any atom is -0.196 e. The van der Waals surface area contributed by atoms with Crippen molar-refractivity contribution in [2.75, 3.05) is 0 Å². The minimum absolute atomic E-state index is 0.00326. The van der Waals surface area contributed by atoms with Crippen molar-refractivity contribution in [2.45, 2.75) is 11.8 Å². The molecule has 4 aromatic rings. The summed E-state index contributed by atoms with van der Waals surface area (Å²) in [5.41, 5.74) is 0.102. The summed E-state index contributed by atoms with van der Waals surface area (Å²) in [5.74, 6) is -6.02. The summed E-state index contributed by atoms with van der Waals surface area (Å²) >= 11 is 5.12. The Balaban J connectivity index is 1.53. The molecular formula is C18H6F4S4. The first-order valence-corrected chi connectivity index (χ1v) is 11.0. The van der Waals surface area contributed by atoms with Crippen LogP contribution in [0.3, 0.4) is 0 Å². The van der Waals surface area contributed by atoms with Crippen LogP contribution in [0.25, 0.3) is 29.3 Å². The molecule has 26 heavy (non-hydrogen) atoms. The van der Waals surface area contributed by atoms with Gasteiger partial charge in [0, 0.05) is 32.0 Å². The largest absolute Gasteiger partial charge is 0.301 e. The molecule has 4 aromatic heterocycles. The van der Waals surface area contributed by atoms with Crippen LogP contribution < -0.4 is 0 Å². The van der Waals surface area contributed by atoms with Crippen molar-refractivity contribution in [3.8, 4) is 29.3 Å². The number of thiophene rings is 4. The zero-order valence-electron chi connectivity index (χ0n) is 12.6. The lowest BCUT2D eigenvalue weighted by atomic mass is 10.1. The van der Waals surface area contributed by atoms with E-state index in [-0.39, 0.29) is 22.3 Å². The predicted octanol–water partition coefficient (Wildman–Crippen LogP) is 7.84.